The second-order valence-electron chi connectivity index (χ2n) is 9.68. The van der Waals surface area contributed by atoms with Gasteiger partial charge < -0.3 is 15.1 Å². The van der Waals surface area contributed by atoms with E-state index in [0.29, 0.717) is 51.5 Å². The number of alkyl halides is 1. The highest BCUT2D eigenvalue weighted by atomic mass is 32.2. The lowest BCUT2D eigenvalue weighted by atomic mass is 9.77. The highest BCUT2D eigenvalue weighted by molar-refractivity contribution is 7.88. The van der Waals surface area contributed by atoms with E-state index >= 15 is 0 Å². The zero-order chi connectivity index (χ0) is 22.7. The van der Waals surface area contributed by atoms with Gasteiger partial charge in [0.05, 0.1) is 11.7 Å². The lowest BCUT2D eigenvalue weighted by Gasteiger charge is -2.49. The second kappa shape index (κ2) is 7.74. The topological polar surface area (TPSA) is 94.6 Å². The Labute approximate surface area is 188 Å². The third kappa shape index (κ3) is 3.90. The van der Waals surface area contributed by atoms with Crippen molar-refractivity contribution in [2.75, 3.05) is 62.8 Å². The molecule has 3 fully saturated rings. The van der Waals surface area contributed by atoms with Crippen LogP contribution in [-0.2, 0) is 10.0 Å². The molecule has 2 aromatic heterocycles. The summed E-state index contributed by atoms with van der Waals surface area (Å²) >= 11 is 0. The lowest BCUT2D eigenvalue weighted by molar-refractivity contribution is 0.119. The minimum Gasteiger partial charge on any atom is -0.353 e. The standard InChI is InChI=1S/C21H30FN7O2S/c1-14-8-15-9-23-20(25-16-4-6-29(7-5-16)32(3,30)31)26-18(15)19(24-14)28-12-21(13-28)11-27(2)10-17(21)22/h8-9,16-17H,4-7,10-13H2,1-3H3,(H,23,25,26). The van der Waals surface area contributed by atoms with Crippen LogP contribution in [0.25, 0.3) is 10.9 Å². The summed E-state index contributed by atoms with van der Waals surface area (Å²) in [5.74, 6) is 1.30. The molecular formula is C21H30FN7O2S. The van der Waals surface area contributed by atoms with Crippen LogP contribution in [0, 0.1) is 12.3 Å². The van der Waals surface area contributed by atoms with Crippen LogP contribution in [0.2, 0.25) is 0 Å². The van der Waals surface area contributed by atoms with Crippen molar-refractivity contribution < 1.29 is 12.8 Å². The Balaban J connectivity index is 1.35. The Kier molecular flexibility index (Phi) is 5.25. The normalized spacial score (nSPS) is 24.9. The predicted molar refractivity (Wildman–Crippen MR) is 122 cm³/mol. The molecule has 0 radical (unpaired) electrons. The summed E-state index contributed by atoms with van der Waals surface area (Å²) in [4.78, 5) is 18.2. The smallest absolute Gasteiger partial charge is 0.223 e. The first-order valence-corrected chi connectivity index (χ1v) is 12.9. The quantitative estimate of drug-likeness (QED) is 0.724. The van der Waals surface area contributed by atoms with Crippen molar-refractivity contribution >= 4 is 32.7 Å². The van der Waals surface area contributed by atoms with Gasteiger partial charge in [0.25, 0.3) is 0 Å². The van der Waals surface area contributed by atoms with Crippen LogP contribution in [-0.4, -0.2) is 97.4 Å². The van der Waals surface area contributed by atoms with Gasteiger partial charge in [0.2, 0.25) is 16.0 Å². The molecule has 1 N–H and O–H groups in total. The third-order valence-electron chi connectivity index (χ3n) is 6.96. The van der Waals surface area contributed by atoms with Gasteiger partial charge in [0, 0.05) is 62.6 Å². The molecule has 11 heteroatoms. The van der Waals surface area contributed by atoms with Crippen molar-refractivity contribution in [3.63, 3.8) is 0 Å². The molecule has 32 heavy (non-hydrogen) atoms. The third-order valence-corrected chi connectivity index (χ3v) is 8.27. The Bertz CT molecular complexity index is 1130. The molecule has 1 atom stereocenters. The number of nitrogens with one attached hydrogen (secondary N) is 1. The maximum Gasteiger partial charge on any atom is 0.223 e. The Hall–Kier alpha value is -2.11. The first-order valence-electron chi connectivity index (χ1n) is 11.1. The van der Waals surface area contributed by atoms with Crippen LogP contribution in [0.1, 0.15) is 18.5 Å². The number of hydrogen-bond donors (Lipinski definition) is 1. The number of rotatable bonds is 4. The average molecular weight is 464 g/mol. The molecule has 9 nitrogen and oxygen atoms in total. The molecule has 5 rings (SSSR count). The largest absolute Gasteiger partial charge is 0.353 e. The van der Waals surface area contributed by atoms with Crippen molar-refractivity contribution in [3.05, 3.63) is 18.0 Å². The highest BCUT2D eigenvalue weighted by Gasteiger charge is 2.54. The summed E-state index contributed by atoms with van der Waals surface area (Å²) in [6.07, 6.45) is 3.63. The van der Waals surface area contributed by atoms with Gasteiger partial charge in [0.1, 0.15) is 11.7 Å². The molecule has 174 valence electrons. The van der Waals surface area contributed by atoms with Crippen LogP contribution in [0.3, 0.4) is 0 Å². The molecular weight excluding hydrogens is 433 g/mol. The van der Waals surface area contributed by atoms with Gasteiger partial charge in [0.15, 0.2) is 5.82 Å². The second-order valence-corrected chi connectivity index (χ2v) is 11.7. The predicted octanol–water partition coefficient (Wildman–Crippen LogP) is 1.26. The van der Waals surface area contributed by atoms with E-state index in [1.54, 1.807) is 6.20 Å². The number of sulfonamides is 1. The Morgan fingerprint density at radius 3 is 2.53 bits per heavy atom. The first-order chi connectivity index (χ1) is 15.1. The summed E-state index contributed by atoms with van der Waals surface area (Å²) in [5, 5.41) is 4.28. The van der Waals surface area contributed by atoms with Gasteiger partial charge in [-0.15, -0.1) is 0 Å². The molecule has 0 aromatic carbocycles. The van der Waals surface area contributed by atoms with Crippen LogP contribution in [0.5, 0.6) is 0 Å². The first kappa shape index (κ1) is 21.7. The molecule has 3 aliphatic rings. The van der Waals surface area contributed by atoms with E-state index in [4.69, 9.17) is 9.97 Å². The van der Waals surface area contributed by atoms with E-state index in [1.807, 2.05) is 20.0 Å². The Morgan fingerprint density at radius 2 is 1.91 bits per heavy atom. The number of anilines is 2. The van der Waals surface area contributed by atoms with E-state index in [2.05, 4.69) is 20.1 Å². The summed E-state index contributed by atoms with van der Waals surface area (Å²) in [6.45, 7) is 5.46. The number of halogens is 1. The fraction of sp³-hybridized carbons (Fsp3) is 0.667. The van der Waals surface area contributed by atoms with E-state index in [9.17, 15) is 12.8 Å². The van der Waals surface area contributed by atoms with E-state index < -0.39 is 16.2 Å². The fourth-order valence-corrected chi connectivity index (χ4v) is 6.16. The van der Waals surface area contributed by atoms with Crippen LogP contribution < -0.4 is 10.2 Å². The van der Waals surface area contributed by atoms with Crippen LogP contribution >= 0.6 is 0 Å². The highest BCUT2D eigenvalue weighted by Crippen LogP contribution is 2.44. The molecule has 5 heterocycles. The van der Waals surface area contributed by atoms with Crippen molar-refractivity contribution in [2.45, 2.75) is 32.0 Å². The summed E-state index contributed by atoms with van der Waals surface area (Å²) in [6, 6.07) is 2.07. The molecule has 0 amide bonds. The van der Waals surface area contributed by atoms with Gasteiger partial charge in [-0.2, -0.15) is 0 Å². The molecule has 3 aliphatic heterocycles. The van der Waals surface area contributed by atoms with Gasteiger partial charge in [-0.25, -0.2) is 32.1 Å². The minimum atomic E-state index is -3.15. The monoisotopic (exact) mass is 463 g/mol. The molecule has 1 spiro atoms. The minimum absolute atomic E-state index is 0.112. The maximum atomic E-state index is 14.6. The van der Waals surface area contributed by atoms with Gasteiger partial charge in [-0.1, -0.05) is 0 Å². The number of fused-ring (bicyclic) bond motifs is 1. The van der Waals surface area contributed by atoms with E-state index in [0.717, 1.165) is 29.0 Å². The summed E-state index contributed by atoms with van der Waals surface area (Å²) < 4.78 is 39.6. The zero-order valence-electron chi connectivity index (χ0n) is 18.8. The molecule has 3 saturated heterocycles. The van der Waals surface area contributed by atoms with Crippen molar-refractivity contribution in [1.29, 1.82) is 0 Å². The van der Waals surface area contributed by atoms with Crippen LogP contribution in [0.4, 0.5) is 16.2 Å². The van der Waals surface area contributed by atoms with E-state index in [-0.39, 0.29) is 11.5 Å². The number of pyridine rings is 1. The number of aryl methyl sites for hydroxylation is 1. The summed E-state index contributed by atoms with van der Waals surface area (Å²) in [7, 11) is -1.18. The van der Waals surface area contributed by atoms with Crippen molar-refractivity contribution in [2.24, 2.45) is 5.41 Å². The fourth-order valence-electron chi connectivity index (χ4n) is 5.29. The molecule has 2 aromatic rings. The van der Waals surface area contributed by atoms with Crippen molar-refractivity contribution in [3.8, 4) is 0 Å². The summed E-state index contributed by atoms with van der Waals surface area (Å²) in [5.41, 5.74) is 1.33. The van der Waals surface area contributed by atoms with Gasteiger partial charge >= 0.3 is 0 Å². The lowest BCUT2D eigenvalue weighted by Crippen LogP contribution is -2.61. The number of piperidine rings is 1. The van der Waals surface area contributed by atoms with Gasteiger partial charge in [-0.3, -0.25) is 0 Å². The maximum absolute atomic E-state index is 14.6. The zero-order valence-corrected chi connectivity index (χ0v) is 19.6. The number of aromatic nitrogens is 3. The number of hydrogen-bond acceptors (Lipinski definition) is 8. The van der Waals surface area contributed by atoms with Gasteiger partial charge in [-0.05, 0) is 32.9 Å². The number of likely N-dealkylation sites (tertiary alicyclic amines) is 1. The SMILES string of the molecule is Cc1cc2cnc(NC3CCN(S(C)(=O)=O)CC3)nc2c(N2CC3(CN(C)CC3F)C2)n1. The molecule has 0 bridgehead atoms. The molecule has 0 saturated carbocycles. The van der Waals surface area contributed by atoms with E-state index in [1.165, 1.54) is 10.6 Å². The van der Waals surface area contributed by atoms with Crippen molar-refractivity contribution in [1.82, 2.24) is 24.2 Å². The average Bonchev–Trinajstić information content (AvgIpc) is 3.00. The Morgan fingerprint density at radius 1 is 1.19 bits per heavy atom. The molecule has 0 aliphatic carbocycles. The molecule has 1 unspecified atom stereocenters. The number of nitrogens with zero attached hydrogens (tertiary/aromatic N) is 6. The van der Waals surface area contributed by atoms with Crippen LogP contribution in [0.15, 0.2) is 12.3 Å².